The quantitative estimate of drug-likeness (QED) is 0.455. The Morgan fingerprint density at radius 3 is 2.87 bits per heavy atom. The number of carbonyl (C=O) groups excluding carboxylic acids is 2. The van der Waals surface area contributed by atoms with Crippen molar-refractivity contribution in [3.05, 3.63) is 41.2 Å². The van der Waals surface area contributed by atoms with E-state index in [1.807, 2.05) is 0 Å². The van der Waals surface area contributed by atoms with Crippen LogP contribution < -0.4 is 5.32 Å². The van der Waals surface area contributed by atoms with Gasteiger partial charge in [-0.05, 0) is 6.42 Å². The summed E-state index contributed by atoms with van der Waals surface area (Å²) in [5.41, 5.74) is 2.19. The fourth-order valence-corrected chi connectivity index (χ4v) is 3.46. The number of carbonyl (C=O) groups is 3. The second kappa shape index (κ2) is 9.89. The lowest BCUT2D eigenvalue weighted by atomic mass is 10.0. The first-order chi connectivity index (χ1) is 14.5. The van der Waals surface area contributed by atoms with Crippen molar-refractivity contribution in [2.45, 2.75) is 31.6 Å². The summed E-state index contributed by atoms with van der Waals surface area (Å²) >= 11 is 0. The van der Waals surface area contributed by atoms with Gasteiger partial charge >= 0.3 is 0 Å². The Bertz CT molecular complexity index is 889. The normalized spacial score (nSPS) is 20.4. The van der Waals surface area contributed by atoms with Gasteiger partial charge in [-0.15, -0.1) is 0 Å². The predicted molar refractivity (Wildman–Crippen MR) is 100 cm³/mol. The SMILES string of the molecule is O=C(N[C@H]1C[C@@H](O)CN(C(=O)c2n[nH]c3c2COCC3)C1)c1cnccn1.O=CO. The largest absolute Gasteiger partial charge is 0.483 e. The van der Waals surface area contributed by atoms with E-state index >= 15 is 0 Å². The van der Waals surface area contributed by atoms with E-state index in [1.54, 1.807) is 0 Å². The number of carboxylic acid groups (broad SMARTS) is 1. The number of piperidine rings is 1. The van der Waals surface area contributed by atoms with Crippen LogP contribution in [0.4, 0.5) is 0 Å². The molecule has 2 aliphatic heterocycles. The number of nitrogens with zero attached hydrogens (tertiary/aromatic N) is 4. The molecule has 0 aliphatic carbocycles. The highest BCUT2D eigenvalue weighted by atomic mass is 16.5. The summed E-state index contributed by atoms with van der Waals surface area (Å²) in [6.45, 7) is 1.17. The fourth-order valence-electron chi connectivity index (χ4n) is 3.46. The smallest absolute Gasteiger partial charge is 0.290 e. The number of nitrogens with one attached hydrogen (secondary N) is 2. The van der Waals surface area contributed by atoms with Crippen molar-refractivity contribution >= 4 is 18.3 Å². The number of hydrogen-bond donors (Lipinski definition) is 4. The molecule has 4 heterocycles. The lowest BCUT2D eigenvalue weighted by Crippen LogP contribution is -2.54. The monoisotopic (exact) mass is 418 g/mol. The van der Waals surface area contributed by atoms with Crippen molar-refractivity contribution in [2.24, 2.45) is 0 Å². The van der Waals surface area contributed by atoms with E-state index in [0.29, 0.717) is 31.7 Å². The summed E-state index contributed by atoms with van der Waals surface area (Å²) < 4.78 is 5.43. The van der Waals surface area contributed by atoms with Gasteiger partial charge in [0.05, 0.1) is 25.5 Å². The molecular weight excluding hydrogens is 396 g/mol. The highest BCUT2D eigenvalue weighted by Gasteiger charge is 2.33. The number of aliphatic hydroxyl groups is 1. The third kappa shape index (κ3) is 4.96. The molecule has 2 aliphatic rings. The van der Waals surface area contributed by atoms with E-state index in [2.05, 4.69) is 25.5 Å². The molecular formula is C18H22N6O6. The molecule has 30 heavy (non-hydrogen) atoms. The number of β-amino-alcohol motifs (C(OH)–C–C–N with tert-alkyl or cyclic N) is 1. The average molecular weight is 418 g/mol. The zero-order valence-corrected chi connectivity index (χ0v) is 16.0. The first-order valence-electron chi connectivity index (χ1n) is 9.29. The number of aromatic nitrogens is 4. The highest BCUT2D eigenvalue weighted by molar-refractivity contribution is 5.94. The minimum atomic E-state index is -0.735. The van der Waals surface area contributed by atoms with Crippen molar-refractivity contribution < 1.29 is 29.3 Å². The van der Waals surface area contributed by atoms with Gasteiger partial charge in [0, 0.05) is 49.2 Å². The van der Waals surface area contributed by atoms with Gasteiger partial charge in [0.1, 0.15) is 5.69 Å². The molecule has 12 heteroatoms. The Labute approximate surface area is 171 Å². The number of fused-ring (bicyclic) bond motifs is 1. The Balaban J connectivity index is 0.000000806. The number of ether oxygens (including phenoxy) is 1. The van der Waals surface area contributed by atoms with Crippen LogP contribution in [0.3, 0.4) is 0 Å². The maximum atomic E-state index is 12.9. The van der Waals surface area contributed by atoms with Gasteiger partial charge in [-0.1, -0.05) is 0 Å². The molecule has 12 nitrogen and oxygen atoms in total. The van der Waals surface area contributed by atoms with Crippen LogP contribution in [0, 0.1) is 0 Å². The number of aliphatic hydroxyl groups excluding tert-OH is 1. The molecule has 2 aromatic heterocycles. The van der Waals surface area contributed by atoms with Crippen LogP contribution in [0.5, 0.6) is 0 Å². The van der Waals surface area contributed by atoms with Crippen LogP contribution in [-0.4, -0.2) is 85.4 Å². The molecule has 2 amide bonds. The molecule has 0 bridgehead atoms. The van der Waals surface area contributed by atoms with Crippen LogP contribution in [0.15, 0.2) is 18.6 Å². The lowest BCUT2D eigenvalue weighted by molar-refractivity contribution is -0.122. The average Bonchev–Trinajstić information content (AvgIpc) is 3.18. The van der Waals surface area contributed by atoms with Crippen molar-refractivity contribution in [1.82, 2.24) is 30.4 Å². The fraction of sp³-hybridized carbons (Fsp3) is 0.444. The van der Waals surface area contributed by atoms with Crippen molar-refractivity contribution in [1.29, 1.82) is 0 Å². The summed E-state index contributed by atoms with van der Waals surface area (Å²) in [4.78, 5) is 42.9. The number of aromatic amines is 1. The van der Waals surface area contributed by atoms with Crippen LogP contribution >= 0.6 is 0 Å². The van der Waals surface area contributed by atoms with Crippen LogP contribution in [0.25, 0.3) is 0 Å². The molecule has 0 unspecified atom stereocenters. The third-order valence-electron chi connectivity index (χ3n) is 4.74. The predicted octanol–water partition coefficient (Wildman–Crippen LogP) is -1.02. The molecule has 1 saturated heterocycles. The topological polar surface area (TPSA) is 171 Å². The van der Waals surface area contributed by atoms with E-state index in [4.69, 9.17) is 14.6 Å². The molecule has 0 aromatic carbocycles. The maximum absolute atomic E-state index is 12.9. The number of H-pyrrole nitrogens is 1. The first kappa shape index (κ1) is 21.3. The van der Waals surface area contributed by atoms with Crippen LogP contribution in [0.2, 0.25) is 0 Å². The zero-order valence-electron chi connectivity index (χ0n) is 16.0. The molecule has 2 atom stereocenters. The molecule has 4 N–H and O–H groups in total. The summed E-state index contributed by atoms with van der Waals surface area (Å²) in [7, 11) is 0. The summed E-state index contributed by atoms with van der Waals surface area (Å²) in [5, 5.41) is 26.9. The number of likely N-dealkylation sites (tertiary alicyclic amines) is 1. The van der Waals surface area contributed by atoms with Crippen molar-refractivity contribution in [2.75, 3.05) is 19.7 Å². The van der Waals surface area contributed by atoms with Gasteiger partial charge in [0.15, 0.2) is 5.69 Å². The molecule has 0 saturated carbocycles. The van der Waals surface area contributed by atoms with Gasteiger partial charge in [-0.3, -0.25) is 24.5 Å². The Kier molecular flexibility index (Phi) is 7.03. The highest BCUT2D eigenvalue weighted by Crippen LogP contribution is 2.21. The standard InChI is InChI=1S/C17H20N6O4.CH2O2/c24-11-5-10(20-16(25)14-6-18-2-3-19-14)7-23(8-11)17(26)15-12-9-27-4-1-13(12)21-22-15;2-1-3/h2-3,6,10-11,24H,1,4-5,7-9H2,(H,20,25)(H,21,22);1H,(H,2,3)/t10-,11+;/m0./s1. The maximum Gasteiger partial charge on any atom is 0.290 e. The molecule has 160 valence electrons. The van der Waals surface area contributed by atoms with Gasteiger partial charge in [0.25, 0.3) is 18.3 Å². The minimum Gasteiger partial charge on any atom is -0.483 e. The zero-order chi connectivity index (χ0) is 21.5. The van der Waals surface area contributed by atoms with Gasteiger partial charge in [-0.2, -0.15) is 5.10 Å². The number of hydrogen-bond acceptors (Lipinski definition) is 8. The molecule has 0 radical (unpaired) electrons. The Hall–Kier alpha value is -3.38. The van der Waals surface area contributed by atoms with E-state index in [-0.39, 0.29) is 37.1 Å². The third-order valence-corrected chi connectivity index (χ3v) is 4.74. The molecule has 1 fully saturated rings. The summed E-state index contributed by atoms with van der Waals surface area (Å²) in [5.74, 6) is -0.671. The second-order valence-electron chi connectivity index (χ2n) is 6.80. The van der Waals surface area contributed by atoms with E-state index in [9.17, 15) is 14.7 Å². The van der Waals surface area contributed by atoms with E-state index < -0.39 is 12.1 Å². The minimum absolute atomic E-state index is 0.189. The van der Waals surface area contributed by atoms with E-state index in [1.165, 1.54) is 23.5 Å². The van der Waals surface area contributed by atoms with E-state index in [0.717, 1.165) is 11.3 Å². The van der Waals surface area contributed by atoms with Gasteiger partial charge in [0.2, 0.25) is 0 Å². The number of rotatable bonds is 3. The van der Waals surface area contributed by atoms with Crippen LogP contribution in [0.1, 0.15) is 38.7 Å². The lowest BCUT2D eigenvalue weighted by Gasteiger charge is -2.35. The Morgan fingerprint density at radius 1 is 1.33 bits per heavy atom. The molecule has 0 spiro atoms. The van der Waals surface area contributed by atoms with Gasteiger partial charge < -0.3 is 25.2 Å². The number of amides is 2. The van der Waals surface area contributed by atoms with Gasteiger partial charge in [-0.25, -0.2) is 4.98 Å². The van der Waals surface area contributed by atoms with Crippen molar-refractivity contribution in [3.63, 3.8) is 0 Å². The second-order valence-corrected chi connectivity index (χ2v) is 6.80. The molecule has 4 rings (SSSR count). The summed E-state index contributed by atoms with van der Waals surface area (Å²) in [6, 6.07) is -0.391. The Morgan fingerprint density at radius 2 is 2.13 bits per heavy atom. The summed E-state index contributed by atoms with van der Waals surface area (Å²) in [6.07, 6.45) is 4.60. The first-order valence-corrected chi connectivity index (χ1v) is 9.29. The van der Waals surface area contributed by atoms with Crippen molar-refractivity contribution in [3.8, 4) is 0 Å². The van der Waals surface area contributed by atoms with Crippen LogP contribution in [-0.2, 0) is 22.6 Å². The molecule has 2 aromatic rings.